The zero-order chi connectivity index (χ0) is 14.8. The Morgan fingerprint density at radius 2 is 2.33 bits per heavy atom. The Labute approximate surface area is 124 Å². The predicted molar refractivity (Wildman–Crippen MR) is 79.8 cm³/mol. The first-order valence-corrected chi connectivity index (χ1v) is 7.30. The molecule has 3 heterocycles. The SMILES string of the molecule is Cc1cn(C)c([C@H]2CCN(C(=O)Cc3cccnc3)C2)n1. The summed E-state index contributed by atoms with van der Waals surface area (Å²) in [5.41, 5.74) is 2.01. The van der Waals surface area contributed by atoms with Gasteiger partial charge in [-0.1, -0.05) is 6.07 Å². The van der Waals surface area contributed by atoms with E-state index in [9.17, 15) is 4.79 Å². The van der Waals surface area contributed by atoms with Gasteiger partial charge in [0.15, 0.2) is 0 Å². The molecule has 0 radical (unpaired) electrons. The van der Waals surface area contributed by atoms with Gasteiger partial charge < -0.3 is 9.47 Å². The van der Waals surface area contributed by atoms with Crippen LogP contribution < -0.4 is 0 Å². The van der Waals surface area contributed by atoms with Crippen molar-refractivity contribution in [2.45, 2.75) is 25.7 Å². The fourth-order valence-corrected chi connectivity index (χ4v) is 3.00. The third kappa shape index (κ3) is 2.96. The molecule has 1 saturated heterocycles. The second-order valence-electron chi connectivity index (χ2n) is 5.71. The smallest absolute Gasteiger partial charge is 0.227 e. The first kappa shape index (κ1) is 13.8. The first-order chi connectivity index (χ1) is 10.1. The van der Waals surface area contributed by atoms with Crippen LogP contribution in [-0.2, 0) is 18.3 Å². The van der Waals surface area contributed by atoms with Gasteiger partial charge in [-0.05, 0) is 25.0 Å². The molecular weight excluding hydrogens is 264 g/mol. The lowest BCUT2D eigenvalue weighted by Crippen LogP contribution is -2.30. The number of hydrogen-bond donors (Lipinski definition) is 0. The van der Waals surface area contributed by atoms with Crippen molar-refractivity contribution in [1.29, 1.82) is 0 Å². The normalized spacial score (nSPS) is 18.2. The summed E-state index contributed by atoms with van der Waals surface area (Å²) in [6.07, 6.45) is 6.94. The number of imidazole rings is 1. The Bertz CT molecular complexity index is 635. The van der Waals surface area contributed by atoms with Crippen molar-refractivity contribution in [2.75, 3.05) is 13.1 Å². The molecule has 2 aromatic rings. The van der Waals surface area contributed by atoms with Gasteiger partial charge in [-0.15, -0.1) is 0 Å². The molecule has 0 unspecified atom stereocenters. The highest BCUT2D eigenvalue weighted by Crippen LogP contribution is 2.26. The number of carbonyl (C=O) groups is 1. The van der Waals surface area contributed by atoms with E-state index < -0.39 is 0 Å². The summed E-state index contributed by atoms with van der Waals surface area (Å²) in [5, 5.41) is 0. The minimum atomic E-state index is 0.177. The number of aromatic nitrogens is 3. The average Bonchev–Trinajstić information content (AvgIpc) is 3.06. The summed E-state index contributed by atoms with van der Waals surface area (Å²) in [4.78, 5) is 22.9. The highest BCUT2D eigenvalue weighted by molar-refractivity contribution is 5.79. The van der Waals surface area contributed by atoms with Crippen LogP contribution in [0.4, 0.5) is 0 Å². The summed E-state index contributed by atoms with van der Waals surface area (Å²) >= 11 is 0. The molecule has 0 spiro atoms. The van der Waals surface area contributed by atoms with Crippen molar-refractivity contribution in [3.8, 4) is 0 Å². The maximum atomic E-state index is 12.4. The van der Waals surface area contributed by atoms with E-state index in [1.165, 1.54) is 0 Å². The number of nitrogens with zero attached hydrogens (tertiary/aromatic N) is 4. The molecule has 2 aromatic heterocycles. The number of rotatable bonds is 3. The Morgan fingerprint density at radius 1 is 1.48 bits per heavy atom. The topological polar surface area (TPSA) is 51.0 Å². The zero-order valence-electron chi connectivity index (χ0n) is 12.5. The fraction of sp³-hybridized carbons (Fsp3) is 0.438. The van der Waals surface area contributed by atoms with Crippen LogP contribution in [-0.4, -0.2) is 38.4 Å². The highest BCUT2D eigenvalue weighted by atomic mass is 16.2. The van der Waals surface area contributed by atoms with Gasteiger partial charge in [-0.3, -0.25) is 9.78 Å². The van der Waals surface area contributed by atoms with E-state index in [0.717, 1.165) is 36.6 Å². The lowest BCUT2D eigenvalue weighted by Gasteiger charge is -2.16. The third-order valence-electron chi connectivity index (χ3n) is 4.02. The molecule has 110 valence electrons. The lowest BCUT2D eigenvalue weighted by atomic mass is 10.1. The predicted octanol–water partition coefficient (Wildman–Crippen LogP) is 1.68. The maximum absolute atomic E-state index is 12.4. The monoisotopic (exact) mass is 284 g/mol. The minimum Gasteiger partial charge on any atom is -0.342 e. The second-order valence-corrected chi connectivity index (χ2v) is 5.71. The first-order valence-electron chi connectivity index (χ1n) is 7.30. The number of hydrogen-bond acceptors (Lipinski definition) is 3. The van der Waals surface area contributed by atoms with E-state index in [4.69, 9.17) is 0 Å². The van der Waals surface area contributed by atoms with E-state index in [0.29, 0.717) is 12.3 Å². The molecule has 1 atom stereocenters. The molecule has 1 aliphatic heterocycles. The Kier molecular flexibility index (Phi) is 3.73. The van der Waals surface area contributed by atoms with Crippen LogP contribution in [0, 0.1) is 6.92 Å². The van der Waals surface area contributed by atoms with Gasteiger partial charge in [0.2, 0.25) is 5.91 Å². The molecule has 0 N–H and O–H groups in total. The maximum Gasteiger partial charge on any atom is 0.227 e. The third-order valence-corrected chi connectivity index (χ3v) is 4.02. The van der Waals surface area contributed by atoms with Crippen LogP contribution in [0.15, 0.2) is 30.7 Å². The van der Waals surface area contributed by atoms with Crippen molar-refractivity contribution in [2.24, 2.45) is 7.05 Å². The molecule has 0 saturated carbocycles. The molecule has 0 aromatic carbocycles. The summed E-state index contributed by atoms with van der Waals surface area (Å²) in [6, 6.07) is 3.81. The minimum absolute atomic E-state index is 0.177. The lowest BCUT2D eigenvalue weighted by molar-refractivity contribution is -0.129. The molecule has 0 bridgehead atoms. The summed E-state index contributed by atoms with van der Waals surface area (Å²) in [5.74, 6) is 1.61. The number of amides is 1. The van der Waals surface area contributed by atoms with Gasteiger partial charge in [-0.2, -0.15) is 0 Å². The van der Waals surface area contributed by atoms with Crippen LogP contribution >= 0.6 is 0 Å². The molecule has 21 heavy (non-hydrogen) atoms. The second kappa shape index (κ2) is 5.68. The van der Waals surface area contributed by atoms with Gasteiger partial charge in [0.05, 0.1) is 12.1 Å². The standard InChI is InChI=1S/C16H20N4O/c1-12-10-19(2)16(18-12)14-5-7-20(11-14)15(21)8-13-4-3-6-17-9-13/h3-4,6,9-10,14H,5,7-8,11H2,1-2H3/t14-/m0/s1. The van der Waals surface area contributed by atoms with Gasteiger partial charge in [0, 0.05) is 44.6 Å². The van der Waals surface area contributed by atoms with Crippen molar-refractivity contribution < 1.29 is 4.79 Å². The van der Waals surface area contributed by atoms with Crippen molar-refractivity contribution >= 4 is 5.91 Å². The Balaban J connectivity index is 1.64. The summed E-state index contributed by atoms with van der Waals surface area (Å²) in [6.45, 7) is 3.59. The number of carbonyl (C=O) groups excluding carboxylic acids is 1. The van der Waals surface area contributed by atoms with E-state index in [1.54, 1.807) is 12.4 Å². The van der Waals surface area contributed by atoms with Gasteiger partial charge in [0.25, 0.3) is 0 Å². The number of pyridine rings is 1. The molecule has 1 amide bonds. The molecule has 5 nitrogen and oxygen atoms in total. The largest absolute Gasteiger partial charge is 0.342 e. The molecule has 0 aliphatic carbocycles. The molecule has 5 heteroatoms. The van der Waals surface area contributed by atoms with Crippen molar-refractivity contribution in [3.05, 3.63) is 47.8 Å². The van der Waals surface area contributed by atoms with Gasteiger partial charge in [-0.25, -0.2) is 4.98 Å². The molecule has 3 rings (SSSR count). The summed E-state index contributed by atoms with van der Waals surface area (Å²) in [7, 11) is 2.02. The van der Waals surface area contributed by atoms with E-state index >= 15 is 0 Å². The molecule has 1 fully saturated rings. The van der Waals surface area contributed by atoms with Gasteiger partial charge >= 0.3 is 0 Å². The fourth-order valence-electron chi connectivity index (χ4n) is 3.00. The van der Waals surface area contributed by atoms with Crippen LogP contribution in [0.2, 0.25) is 0 Å². The number of aryl methyl sites for hydroxylation is 2. The van der Waals surface area contributed by atoms with E-state index in [-0.39, 0.29) is 5.91 Å². The van der Waals surface area contributed by atoms with Crippen LogP contribution in [0.3, 0.4) is 0 Å². The average molecular weight is 284 g/mol. The quantitative estimate of drug-likeness (QED) is 0.861. The van der Waals surface area contributed by atoms with Crippen LogP contribution in [0.1, 0.15) is 29.4 Å². The van der Waals surface area contributed by atoms with E-state index in [2.05, 4.69) is 14.5 Å². The summed E-state index contributed by atoms with van der Waals surface area (Å²) < 4.78 is 2.08. The number of likely N-dealkylation sites (tertiary alicyclic amines) is 1. The van der Waals surface area contributed by atoms with Crippen molar-refractivity contribution in [3.63, 3.8) is 0 Å². The highest BCUT2D eigenvalue weighted by Gasteiger charge is 2.29. The Morgan fingerprint density at radius 3 is 3.00 bits per heavy atom. The van der Waals surface area contributed by atoms with Crippen LogP contribution in [0.5, 0.6) is 0 Å². The molecule has 1 aliphatic rings. The van der Waals surface area contributed by atoms with Crippen molar-refractivity contribution in [1.82, 2.24) is 19.4 Å². The van der Waals surface area contributed by atoms with Crippen LogP contribution in [0.25, 0.3) is 0 Å². The van der Waals surface area contributed by atoms with Gasteiger partial charge in [0.1, 0.15) is 5.82 Å². The van der Waals surface area contributed by atoms with E-state index in [1.807, 2.05) is 37.2 Å². The zero-order valence-corrected chi connectivity index (χ0v) is 12.5. The molecular formula is C16H20N4O. The Hall–Kier alpha value is -2.17.